The van der Waals surface area contributed by atoms with E-state index < -0.39 is 0 Å². The van der Waals surface area contributed by atoms with Crippen LogP contribution in [0.2, 0.25) is 0 Å². The molecule has 0 saturated heterocycles. The van der Waals surface area contributed by atoms with Crippen LogP contribution in [0.1, 0.15) is 48.1 Å². The van der Waals surface area contributed by atoms with E-state index in [2.05, 4.69) is 30.2 Å². The zero-order chi connectivity index (χ0) is 19.8. The average Bonchev–Trinajstić information content (AvgIpc) is 2.68. The molecule has 28 heavy (non-hydrogen) atoms. The van der Waals surface area contributed by atoms with Crippen molar-refractivity contribution in [1.82, 2.24) is 14.9 Å². The van der Waals surface area contributed by atoms with Gasteiger partial charge >= 0.3 is 0 Å². The molecule has 1 aliphatic rings. The molecule has 0 radical (unpaired) electrons. The first kappa shape index (κ1) is 18.7. The topological polar surface area (TPSA) is 70.0 Å². The number of nitrogens with one attached hydrogen (secondary N) is 2. The van der Waals surface area contributed by atoms with Crippen LogP contribution in [0.4, 0.5) is 0 Å². The van der Waals surface area contributed by atoms with Crippen molar-refractivity contribution in [2.45, 2.75) is 32.2 Å². The van der Waals surface area contributed by atoms with Crippen LogP contribution in [0.25, 0.3) is 5.69 Å². The summed E-state index contributed by atoms with van der Waals surface area (Å²) in [6.07, 6.45) is 0.890. The van der Waals surface area contributed by atoms with Gasteiger partial charge in [0, 0.05) is 6.54 Å². The van der Waals surface area contributed by atoms with E-state index in [1.807, 2.05) is 42.5 Å². The van der Waals surface area contributed by atoms with E-state index in [1.54, 1.807) is 0 Å². The summed E-state index contributed by atoms with van der Waals surface area (Å²) < 4.78 is 1.70. The highest BCUT2D eigenvalue weighted by Crippen LogP contribution is 2.32. The van der Waals surface area contributed by atoms with E-state index in [9.17, 15) is 9.90 Å². The Morgan fingerprint density at radius 3 is 2.57 bits per heavy atom. The first-order valence-corrected chi connectivity index (χ1v) is 9.88. The number of hydrogen-bond donors (Lipinski definition) is 3. The second-order valence-corrected chi connectivity index (χ2v) is 7.80. The summed E-state index contributed by atoms with van der Waals surface area (Å²) in [6.45, 7) is 4.99. The number of aromatic nitrogens is 2. The number of aromatic amines is 1. The number of fused-ring (bicyclic) bond motifs is 1. The SMILES string of the molecule is CC(C)c1ccc(-n2c(O)c([C@H]3NCCc4ccccc43)c(=O)[nH]c2=S)cc1. The van der Waals surface area contributed by atoms with Crippen LogP contribution in [-0.4, -0.2) is 21.2 Å². The van der Waals surface area contributed by atoms with Crippen LogP contribution < -0.4 is 10.9 Å². The summed E-state index contributed by atoms with van der Waals surface area (Å²) in [5.41, 5.74) is 4.02. The minimum absolute atomic E-state index is 0.125. The van der Waals surface area contributed by atoms with Crippen molar-refractivity contribution in [3.63, 3.8) is 0 Å². The van der Waals surface area contributed by atoms with Crippen molar-refractivity contribution >= 4 is 12.2 Å². The summed E-state index contributed by atoms with van der Waals surface area (Å²) >= 11 is 5.36. The Morgan fingerprint density at radius 2 is 1.86 bits per heavy atom. The Morgan fingerprint density at radius 1 is 1.14 bits per heavy atom. The number of hydrogen-bond acceptors (Lipinski definition) is 4. The Labute approximate surface area is 168 Å². The van der Waals surface area contributed by atoms with Gasteiger partial charge in [-0.1, -0.05) is 50.2 Å². The van der Waals surface area contributed by atoms with Crippen molar-refractivity contribution in [1.29, 1.82) is 0 Å². The Hall–Kier alpha value is -2.70. The van der Waals surface area contributed by atoms with Crippen LogP contribution in [0, 0.1) is 4.77 Å². The largest absolute Gasteiger partial charge is 0.494 e. The first-order chi connectivity index (χ1) is 13.5. The number of aromatic hydroxyl groups is 1. The van der Waals surface area contributed by atoms with Gasteiger partial charge in [0.2, 0.25) is 5.88 Å². The molecule has 2 aromatic carbocycles. The van der Waals surface area contributed by atoms with Gasteiger partial charge in [-0.3, -0.25) is 14.3 Å². The number of rotatable bonds is 3. The van der Waals surface area contributed by atoms with Gasteiger partial charge in [0.1, 0.15) is 0 Å². The third kappa shape index (κ3) is 3.19. The summed E-state index contributed by atoms with van der Waals surface area (Å²) in [6, 6.07) is 15.5. The molecule has 3 N–H and O–H groups in total. The predicted octanol–water partition coefficient (Wildman–Crippen LogP) is 3.96. The summed E-state index contributed by atoms with van der Waals surface area (Å²) in [5, 5.41) is 14.5. The maximum Gasteiger partial charge on any atom is 0.260 e. The lowest BCUT2D eigenvalue weighted by molar-refractivity contribution is 0.413. The average molecular weight is 394 g/mol. The summed E-state index contributed by atoms with van der Waals surface area (Å²) in [5.74, 6) is 0.282. The highest BCUT2D eigenvalue weighted by molar-refractivity contribution is 7.71. The molecular formula is C22H23N3O2S. The molecule has 3 aromatic rings. The first-order valence-electron chi connectivity index (χ1n) is 9.47. The lowest BCUT2D eigenvalue weighted by atomic mass is 9.90. The van der Waals surface area contributed by atoms with E-state index in [1.165, 1.54) is 15.7 Å². The minimum Gasteiger partial charge on any atom is -0.494 e. The predicted molar refractivity (Wildman–Crippen MR) is 113 cm³/mol. The fourth-order valence-corrected chi connectivity index (χ4v) is 4.09. The smallest absolute Gasteiger partial charge is 0.260 e. The highest BCUT2D eigenvalue weighted by Gasteiger charge is 2.28. The van der Waals surface area contributed by atoms with Crippen molar-refractivity contribution in [3.05, 3.63) is 85.9 Å². The molecule has 0 unspecified atom stereocenters. The fraction of sp³-hybridized carbons (Fsp3) is 0.273. The van der Waals surface area contributed by atoms with Crippen LogP contribution in [0.3, 0.4) is 0 Å². The normalized spacial score (nSPS) is 16.2. The number of benzene rings is 2. The molecule has 2 heterocycles. The highest BCUT2D eigenvalue weighted by atomic mass is 32.1. The molecule has 0 fully saturated rings. The van der Waals surface area contributed by atoms with E-state index in [0.29, 0.717) is 11.6 Å². The zero-order valence-corrected chi connectivity index (χ0v) is 16.7. The van der Waals surface area contributed by atoms with Gasteiger partial charge in [0.15, 0.2) is 4.77 Å². The van der Waals surface area contributed by atoms with Gasteiger partial charge in [0.25, 0.3) is 5.56 Å². The molecule has 0 saturated carbocycles. The van der Waals surface area contributed by atoms with Gasteiger partial charge in [0.05, 0.1) is 17.3 Å². The lowest BCUT2D eigenvalue weighted by Crippen LogP contribution is -2.35. The molecule has 6 heteroatoms. The Balaban J connectivity index is 1.88. The Bertz CT molecular complexity index is 1130. The summed E-state index contributed by atoms with van der Waals surface area (Å²) in [7, 11) is 0. The summed E-state index contributed by atoms with van der Waals surface area (Å²) in [4.78, 5) is 15.5. The van der Waals surface area contributed by atoms with Gasteiger partial charge in [-0.05, 0) is 53.4 Å². The number of nitrogens with zero attached hydrogens (tertiary/aromatic N) is 1. The lowest BCUT2D eigenvalue weighted by Gasteiger charge is -2.27. The Kier molecular flexibility index (Phi) is 4.91. The fourth-order valence-electron chi connectivity index (χ4n) is 3.81. The van der Waals surface area contributed by atoms with Gasteiger partial charge in [-0.25, -0.2) is 0 Å². The van der Waals surface area contributed by atoms with Crippen LogP contribution in [0.5, 0.6) is 5.88 Å². The van der Waals surface area contributed by atoms with E-state index >= 15 is 0 Å². The van der Waals surface area contributed by atoms with Gasteiger partial charge in [-0.2, -0.15) is 0 Å². The maximum absolute atomic E-state index is 12.8. The number of H-pyrrole nitrogens is 1. The van der Waals surface area contributed by atoms with E-state index in [-0.39, 0.29) is 27.8 Å². The van der Waals surface area contributed by atoms with Crippen molar-refractivity contribution in [2.24, 2.45) is 0 Å². The monoisotopic (exact) mass is 393 g/mol. The molecule has 5 nitrogen and oxygen atoms in total. The van der Waals surface area contributed by atoms with Crippen LogP contribution >= 0.6 is 12.2 Å². The molecule has 0 spiro atoms. The quantitative estimate of drug-likeness (QED) is 0.589. The third-order valence-corrected chi connectivity index (χ3v) is 5.62. The van der Waals surface area contributed by atoms with Crippen molar-refractivity contribution in [2.75, 3.05) is 6.54 Å². The van der Waals surface area contributed by atoms with Crippen molar-refractivity contribution in [3.8, 4) is 11.6 Å². The van der Waals surface area contributed by atoms with Crippen LogP contribution in [0.15, 0.2) is 53.3 Å². The molecular weight excluding hydrogens is 370 g/mol. The second-order valence-electron chi connectivity index (χ2n) is 7.41. The van der Waals surface area contributed by atoms with Gasteiger partial charge in [-0.15, -0.1) is 0 Å². The standard InChI is InChI=1S/C22H23N3O2S/c1-13(2)14-7-9-16(10-8-14)25-21(27)18(20(26)24-22(25)28)19-17-6-4-3-5-15(17)11-12-23-19/h3-10,13,19,23,27H,11-12H2,1-2H3,(H,24,26,28)/t19-/m0/s1. The van der Waals surface area contributed by atoms with E-state index in [4.69, 9.17) is 12.2 Å². The van der Waals surface area contributed by atoms with Gasteiger partial charge < -0.3 is 10.4 Å². The molecule has 0 amide bonds. The molecule has 144 valence electrons. The minimum atomic E-state index is -0.384. The molecule has 0 aliphatic carbocycles. The molecule has 1 aliphatic heterocycles. The molecule has 1 atom stereocenters. The molecule has 1 aromatic heterocycles. The van der Waals surface area contributed by atoms with Crippen LogP contribution in [-0.2, 0) is 6.42 Å². The molecule has 4 rings (SSSR count). The zero-order valence-electron chi connectivity index (χ0n) is 15.9. The maximum atomic E-state index is 12.8. The third-order valence-electron chi connectivity index (χ3n) is 5.34. The molecule has 0 bridgehead atoms. The van der Waals surface area contributed by atoms with Crippen molar-refractivity contribution < 1.29 is 5.11 Å². The second kappa shape index (κ2) is 7.37. The van der Waals surface area contributed by atoms with E-state index in [0.717, 1.165) is 18.5 Å².